The van der Waals surface area contributed by atoms with Gasteiger partial charge in [-0.25, -0.2) is 0 Å². The smallest absolute Gasteiger partial charge is 0.258 e. The van der Waals surface area contributed by atoms with E-state index in [1.807, 2.05) is 0 Å². The fourth-order valence-electron chi connectivity index (χ4n) is 2.55. The van der Waals surface area contributed by atoms with Crippen LogP contribution in [0.2, 0.25) is 0 Å². The Morgan fingerprint density at radius 2 is 1.90 bits per heavy atom. The number of para-hydroxylation sites is 1. The van der Waals surface area contributed by atoms with Gasteiger partial charge in [0.25, 0.3) is 5.91 Å². The molecular formula is C16H21NO3. The van der Waals surface area contributed by atoms with E-state index >= 15 is 0 Å². The normalized spacial score (nSPS) is 16.2. The van der Waals surface area contributed by atoms with E-state index in [0.29, 0.717) is 11.3 Å². The molecule has 1 aliphatic carbocycles. The van der Waals surface area contributed by atoms with Crippen molar-refractivity contribution < 1.29 is 14.3 Å². The topological polar surface area (TPSA) is 55.4 Å². The van der Waals surface area contributed by atoms with Crippen LogP contribution in [0.25, 0.3) is 0 Å². The van der Waals surface area contributed by atoms with Crippen molar-refractivity contribution in [3.63, 3.8) is 0 Å². The molecule has 108 valence electrons. The summed E-state index contributed by atoms with van der Waals surface area (Å²) in [5, 5.41) is 3.01. The lowest BCUT2D eigenvalue weighted by Gasteiger charge is -2.16. The fraction of sp³-hybridized carbons (Fsp3) is 0.500. The Bertz CT molecular complexity index is 451. The van der Waals surface area contributed by atoms with E-state index in [1.54, 1.807) is 24.3 Å². The third-order valence-electron chi connectivity index (χ3n) is 3.63. The Balaban J connectivity index is 1.81. The Morgan fingerprint density at radius 1 is 1.20 bits per heavy atom. The van der Waals surface area contributed by atoms with Gasteiger partial charge >= 0.3 is 0 Å². The highest BCUT2D eigenvalue weighted by molar-refractivity contribution is 5.80. The van der Waals surface area contributed by atoms with Gasteiger partial charge in [-0.2, -0.15) is 0 Å². The first kappa shape index (κ1) is 14.6. The molecule has 1 aromatic carbocycles. The highest BCUT2D eigenvalue weighted by Crippen LogP contribution is 2.18. The molecule has 0 bridgehead atoms. The van der Waals surface area contributed by atoms with Gasteiger partial charge in [0.05, 0.1) is 5.56 Å². The molecule has 4 heteroatoms. The first-order valence-corrected chi connectivity index (χ1v) is 7.26. The number of ether oxygens (including phenoxy) is 1. The second-order valence-electron chi connectivity index (χ2n) is 5.20. The maximum atomic E-state index is 11.9. The summed E-state index contributed by atoms with van der Waals surface area (Å²) in [7, 11) is 0. The number of amides is 1. The van der Waals surface area contributed by atoms with E-state index in [9.17, 15) is 9.59 Å². The maximum absolute atomic E-state index is 11.9. The molecule has 4 nitrogen and oxygen atoms in total. The van der Waals surface area contributed by atoms with Gasteiger partial charge in [0.2, 0.25) is 0 Å². The van der Waals surface area contributed by atoms with Crippen molar-refractivity contribution in [3.8, 4) is 5.75 Å². The molecule has 0 heterocycles. The van der Waals surface area contributed by atoms with Crippen LogP contribution in [-0.2, 0) is 4.79 Å². The van der Waals surface area contributed by atoms with Gasteiger partial charge in [-0.05, 0) is 25.0 Å². The molecule has 20 heavy (non-hydrogen) atoms. The summed E-state index contributed by atoms with van der Waals surface area (Å²) in [5.74, 6) is 0.344. The van der Waals surface area contributed by atoms with Crippen LogP contribution in [0.1, 0.15) is 48.9 Å². The molecule has 1 saturated carbocycles. The summed E-state index contributed by atoms with van der Waals surface area (Å²) in [4.78, 5) is 22.7. The summed E-state index contributed by atoms with van der Waals surface area (Å²) in [6.45, 7) is -0.0403. The summed E-state index contributed by atoms with van der Waals surface area (Å²) in [5.41, 5.74) is 0.467. The second kappa shape index (κ2) is 7.68. The van der Waals surface area contributed by atoms with Gasteiger partial charge in [-0.15, -0.1) is 0 Å². The predicted octanol–water partition coefficient (Wildman–Crippen LogP) is 2.72. The van der Waals surface area contributed by atoms with Gasteiger partial charge < -0.3 is 10.1 Å². The lowest BCUT2D eigenvalue weighted by atomic mass is 10.1. The third-order valence-corrected chi connectivity index (χ3v) is 3.63. The Kier molecular flexibility index (Phi) is 5.59. The first-order valence-electron chi connectivity index (χ1n) is 7.26. The van der Waals surface area contributed by atoms with Gasteiger partial charge in [0, 0.05) is 6.04 Å². The van der Waals surface area contributed by atoms with Gasteiger partial charge in [0.1, 0.15) is 5.75 Å². The van der Waals surface area contributed by atoms with Crippen LogP contribution in [0.15, 0.2) is 24.3 Å². The summed E-state index contributed by atoms with van der Waals surface area (Å²) in [6.07, 6.45) is 7.72. The van der Waals surface area contributed by atoms with Gasteiger partial charge in [-0.3, -0.25) is 9.59 Å². The van der Waals surface area contributed by atoms with Crippen LogP contribution in [-0.4, -0.2) is 24.8 Å². The van der Waals surface area contributed by atoms with E-state index in [0.717, 1.165) is 19.1 Å². The number of hydrogen-bond acceptors (Lipinski definition) is 3. The molecule has 0 spiro atoms. The zero-order valence-corrected chi connectivity index (χ0v) is 11.6. The Hall–Kier alpha value is -1.84. The number of hydrogen-bond donors (Lipinski definition) is 1. The number of aldehydes is 1. The van der Waals surface area contributed by atoms with Crippen LogP contribution >= 0.6 is 0 Å². The zero-order chi connectivity index (χ0) is 14.2. The van der Waals surface area contributed by atoms with Crippen LogP contribution in [0.3, 0.4) is 0 Å². The van der Waals surface area contributed by atoms with E-state index in [1.165, 1.54) is 25.7 Å². The van der Waals surface area contributed by atoms with E-state index in [-0.39, 0.29) is 18.6 Å². The second-order valence-corrected chi connectivity index (χ2v) is 5.20. The summed E-state index contributed by atoms with van der Waals surface area (Å²) < 4.78 is 5.42. The Morgan fingerprint density at radius 3 is 2.60 bits per heavy atom. The monoisotopic (exact) mass is 275 g/mol. The molecule has 1 aliphatic rings. The molecule has 1 aromatic rings. The largest absolute Gasteiger partial charge is 0.483 e. The first-order chi connectivity index (χ1) is 9.79. The maximum Gasteiger partial charge on any atom is 0.258 e. The number of benzene rings is 1. The third kappa shape index (κ3) is 4.37. The minimum Gasteiger partial charge on any atom is -0.483 e. The zero-order valence-electron chi connectivity index (χ0n) is 11.6. The van der Waals surface area contributed by atoms with Crippen LogP contribution < -0.4 is 10.1 Å². The molecule has 0 atom stereocenters. The lowest BCUT2D eigenvalue weighted by Crippen LogP contribution is -2.37. The minimum absolute atomic E-state index is 0.0403. The number of carbonyl (C=O) groups is 2. The summed E-state index contributed by atoms with van der Waals surface area (Å²) in [6, 6.07) is 7.19. The van der Waals surface area contributed by atoms with Crippen LogP contribution in [0.4, 0.5) is 0 Å². The van der Waals surface area contributed by atoms with Crippen molar-refractivity contribution in [3.05, 3.63) is 29.8 Å². The van der Waals surface area contributed by atoms with Crippen LogP contribution in [0.5, 0.6) is 5.75 Å². The highest BCUT2D eigenvalue weighted by atomic mass is 16.5. The number of nitrogens with one attached hydrogen (secondary N) is 1. The molecule has 0 radical (unpaired) electrons. The molecule has 0 aliphatic heterocycles. The number of carbonyl (C=O) groups excluding carboxylic acids is 2. The average molecular weight is 275 g/mol. The van der Waals surface area contributed by atoms with E-state index in [4.69, 9.17) is 4.74 Å². The molecule has 1 amide bonds. The molecule has 0 aromatic heterocycles. The van der Waals surface area contributed by atoms with E-state index in [2.05, 4.69) is 5.32 Å². The molecule has 0 saturated heterocycles. The minimum atomic E-state index is -0.113. The van der Waals surface area contributed by atoms with Crippen molar-refractivity contribution in [2.24, 2.45) is 0 Å². The molecule has 1 fully saturated rings. The Labute approximate surface area is 119 Å². The van der Waals surface area contributed by atoms with Crippen molar-refractivity contribution in [1.82, 2.24) is 5.32 Å². The molecule has 1 N–H and O–H groups in total. The van der Waals surface area contributed by atoms with Crippen molar-refractivity contribution >= 4 is 12.2 Å². The molecule has 2 rings (SSSR count). The van der Waals surface area contributed by atoms with Gasteiger partial charge in [0.15, 0.2) is 12.9 Å². The van der Waals surface area contributed by atoms with Crippen molar-refractivity contribution in [1.29, 1.82) is 0 Å². The quantitative estimate of drug-likeness (QED) is 0.664. The standard InChI is InChI=1S/C16H21NO3/c18-11-13-7-5-6-10-15(13)20-12-16(19)17-14-8-3-1-2-4-9-14/h5-7,10-11,14H,1-4,8-9,12H2,(H,17,19). The van der Waals surface area contributed by atoms with Gasteiger partial charge in [-0.1, -0.05) is 37.8 Å². The summed E-state index contributed by atoms with van der Waals surface area (Å²) >= 11 is 0. The number of rotatable bonds is 5. The lowest BCUT2D eigenvalue weighted by molar-refractivity contribution is -0.123. The van der Waals surface area contributed by atoms with E-state index < -0.39 is 0 Å². The SMILES string of the molecule is O=Cc1ccccc1OCC(=O)NC1CCCCCC1. The average Bonchev–Trinajstić information content (AvgIpc) is 2.74. The molecule has 0 unspecified atom stereocenters. The van der Waals surface area contributed by atoms with Crippen molar-refractivity contribution in [2.45, 2.75) is 44.6 Å². The fourth-order valence-corrected chi connectivity index (χ4v) is 2.55. The van der Waals surface area contributed by atoms with Crippen LogP contribution in [0, 0.1) is 0 Å². The molecular weight excluding hydrogens is 254 g/mol. The highest BCUT2D eigenvalue weighted by Gasteiger charge is 2.15. The predicted molar refractivity (Wildman–Crippen MR) is 77.0 cm³/mol. The van der Waals surface area contributed by atoms with Crippen molar-refractivity contribution in [2.75, 3.05) is 6.61 Å².